The minimum absolute atomic E-state index is 0.165. The molecule has 1 fully saturated rings. The number of hydrogen-bond donors (Lipinski definition) is 0. The van der Waals surface area contributed by atoms with Gasteiger partial charge in [-0.15, -0.1) is 0 Å². The van der Waals surface area contributed by atoms with Gasteiger partial charge in [0.15, 0.2) is 16.7 Å². The Morgan fingerprint density at radius 1 is 1.03 bits per heavy atom. The molecule has 1 unspecified atom stereocenters. The van der Waals surface area contributed by atoms with E-state index in [0.717, 1.165) is 42.5 Å². The highest BCUT2D eigenvalue weighted by atomic mass is 32.2. The number of aryl methyl sites for hydroxylation is 1. The van der Waals surface area contributed by atoms with Crippen molar-refractivity contribution in [2.24, 2.45) is 4.99 Å². The molecule has 0 aromatic heterocycles. The van der Waals surface area contributed by atoms with Crippen LogP contribution in [0.1, 0.15) is 43.2 Å². The Hall–Kier alpha value is -3.06. The van der Waals surface area contributed by atoms with Gasteiger partial charge in [0.1, 0.15) is 11.5 Å². The van der Waals surface area contributed by atoms with Gasteiger partial charge < -0.3 is 9.47 Å². The molecule has 6 nitrogen and oxygen atoms in total. The molecule has 1 amide bonds. The smallest absolute Gasteiger partial charge is 0.283 e. The predicted octanol–water partition coefficient (Wildman–Crippen LogP) is 5.10. The van der Waals surface area contributed by atoms with Crippen LogP contribution in [0, 0.1) is 6.92 Å². The van der Waals surface area contributed by atoms with E-state index in [1.807, 2.05) is 49.4 Å². The van der Waals surface area contributed by atoms with Gasteiger partial charge in [0.05, 0.1) is 10.9 Å². The molecule has 1 aliphatic carbocycles. The van der Waals surface area contributed by atoms with Crippen molar-refractivity contribution in [1.29, 1.82) is 0 Å². The number of thioether (sulfide) groups is 1. The van der Waals surface area contributed by atoms with E-state index in [0.29, 0.717) is 28.8 Å². The first kappa shape index (κ1) is 20.8. The molecule has 32 heavy (non-hydrogen) atoms. The predicted molar refractivity (Wildman–Crippen MR) is 126 cm³/mol. The van der Waals surface area contributed by atoms with Gasteiger partial charge in [-0.3, -0.25) is 14.5 Å². The number of fused-ring (bicyclic) bond motifs is 1. The average molecular weight is 449 g/mol. The number of amidine groups is 1. The van der Waals surface area contributed by atoms with E-state index in [2.05, 4.69) is 0 Å². The number of ether oxygens (including phenoxy) is 2. The summed E-state index contributed by atoms with van der Waals surface area (Å²) in [6, 6.07) is 13.3. The Morgan fingerprint density at radius 2 is 1.84 bits per heavy atom. The molecule has 2 aromatic carbocycles. The van der Waals surface area contributed by atoms with E-state index >= 15 is 0 Å². The standard InChI is InChI=1S/C25H24N2O4S/c1-16-7-10-18(11-8-16)27-24(29)19(13-17-9-12-21-22(14-17)31-15-30-21)26-25(27)32-23-6-4-2-3-5-20(23)28/h7-14,23H,2-6,15H2,1H3/b19-13+. The van der Waals surface area contributed by atoms with E-state index in [1.54, 1.807) is 11.0 Å². The lowest BCUT2D eigenvalue weighted by Gasteiger charge is -2.20. The third-order valence-corrected chi connectivity index (χ3v) is 7.09. The van der Waals surface area contributed by atoms with Gasteiger partial charge in [-0.05, 0) is 55.7 Å². The second-order valence-corrected chi connectivity index (χ2v) is 9.35. The molecule has 2 aromatic rings. The first-order valence-electron chi connectivity index (χ1n) is 10.9. The molecular formula is C25H24N2O4S. The van der Waals surface area contributed by atoms with Gasteiger partial charge in [0, 0.05) is 6.42 Å². The molecule has 1 saturated carbocycles. The third kappa shape index (κ3) is 4.17. The molecule has 7 heteroatoms. The Labute approximate surface area is 191 Å². The van der Waals surface area contributed by atoms with Crippen LogP contribution in [0.4, 0.5) is 5.69 Å². The number of nitrogens with zero attached hydrogens (tertiary/aromatic N) is 2. The number of carbonyl (C=O) groups excluding carboxylic acids is 2. The van der Waals surface area contributed by atoms with E-state index in [4.69, 9.17) is 14.5 Å². The monoisotopic (exact) mass is 448 g/mol. The number of aliphatic imine (C=N–C) groups is 1. The molecule has 0 bridgehead atoms. The molecule has 0 N–H and O–H groups in total. The Kier molecular flexibility index (Phi) is 5.74. The van der Waals surface area contributed by atoms with Gasteiger partial charge >= 0.3 is 0 Å². The first-order valence-corrected chi connectivity index (χ1v) is 11.8. The van der Waals surface area contributed by atoms with Crippen molar-refractivity contribution in [3.8, 4) is 11.5 Å². The number of anilines is 1. The van der Waals surface area contributed by atoms with Crippen molar-refractivity contribution < 1.29 is 19.1 Å². The Morgan fingerprint density at radius 3 is 2.69 bits per heavy atom. The highest BCUT2D eigenvalue weighted by molar-refractivity contribution is 8.15. The summed E-state index contributed by atoms with van der Waals surface area (Å²) >= 11 is 1.41. The quantitative estimate of drug-likeness (QED) is 0.483. The van der Waals surface area contributed by atoms with Crippen molar-refractivity contribution in [2.75, 3.05) is 11.7 Å². The first-order chi connectivity index (χ1) is 15.6. The van der Waals surface area contributed by atoms with Gasteiger partial charge in [0.25, 0.3) is 5.91 Å². The zero-order valence-corrected chi connectivity index (χ0v) is 18.7. The highest BCUT2D eigenvalue weighted by Crippen LogP contribution is 2.36. The van der Waals surface area contributed by atoms with E-state index in [1.165, 1.54) is 11.8 Å². The maximum atomic E-state index is 13.4. The summed E-state index contributed by atoms with van der Waals surface area (Å²) in [7, 11) is 0. The van der Waals surface area contributed by atoms with Crippen LogP contribution in [-0.2, 0) is 9.59 Å². The highest BCUT2D eigenvalue weighted by Gasteiger charge is 2.35. The lowest BCUT2D eigenvalue weighted by Crippen LogP contribution is -2.32. The number of Topliss-reactive ketones (excluding diaryl/α,β-unsaturated/α-hetero) is 1. The molecule has 0 saturated heterocycles. The van der Waals surface area contributed by atoms with Crippen LogP contribution in [0.15, 0.2) is 53.2 Å². The van der Waals surface area contributed by atoms with Gasteiger partial charge in [0.2, 0.25) is 6.79 Å². The number of rotatable bonds is 3. The molecule has 1 atom stereocenters. The fourth-order valence-electron chi connectivity index (χ4n) is 4.04. The summed E-state index contributed by atoms with van der Waals surface area (Å²) in [4.78, 5) is 32.4. The number of benzene rings is 2. The fraction of sp³-hybridized carbons (Fsp3) is 0.320. The maximum absolute atomic E-state index is 13.4. The summed E-state index contributed by atoms with van der Waals surface area (Å²) in [6.45, 7) is 2.21. The molecule has 0 spiro atoms. The van der Waals surface area contributed by atoms with E-state index in [-0.39, 0.29) is 23.7 Å². The van der Waals surface area contributed by atoms with Crippen molar-refractivity contribution in [2.45, 2.75) is 44.3 Å². The largest absolute Gasteiger partial charge is 0.454 e. The fourth-order valence-corrected chi connectivity index (χ4v) is 5.27. The maximum Gasteiger partial charge on any atom is 0.283 e. The summed E-state index contributed by atoms with van der Waals surface area (Å²) in [5.74, 6) is 1.40. The molecule has 164 valence electrons. The van der Waals surface area contributed by atoms with Crippen LogP contribution in [0.25, 0.3) is 6.08 Å². The Balaban J connectivity index is 1.49. The second-order valence-electron chi connectivity index (χ2n) is 8.18. The number of hydrogen-bond acceptors (Lipinski definition) is 6. The number of carbonyl (C=O) groups is 2. The van der Waals surface area contributed by atoms with Crippen LogP contribution in [-0.4, -0.2) is 28.9 Å². The van der Waals surface area contributed by atoms with Gasteiger partial charge in [-0.25, -0.2) is 4.99 Å². The summed E-state index contributed by atoms with van der Waals surface area (Å²) in [5, 5.41) is 0.396. The van der Waals surface area contributed by atoms with Crippen LogP contribution >= 0.6 is 11.8 Å². The minimum Gasteiger partial charge on any atom is -0.454 e. The van der Waals surface area contributed by atoms with Crippen molar-refractivity contribution in [3.63, 3.8) is 0 Å². The second kappa shape index (κ2) is 8.82. The normalized spacial score (nSPS) is 21.8. The zero-order chi connectivity index (χ0) is 22.1. The lowest BCUT2D eigenvalue weighted by molar-refractivity contribution is -0.118. The molecule has 2 heterocycles. The Bertz CT molecular complexity index is 1120. The molecule has 2 aliphatic heterocycles. The van der Waals surface area contributed by atoms with Crippen LogP contribution in [0.3, 0.4) is 0 Å². The van der Waals surface area contributed by atoms with Crippen molar-refractivity contribution in [1.82, 2.24) is 0 Å². The topological polar surface area (TPSA) is 68.2 Å². The zero-order valence-electron chi connectivity index (χ0n) is 17.9. The van der Waals surface area contributed by atoms with Crippen LogP contribution < -0.4 is 14.4 Å². The number of amides is 1. The minimum atomic E-state index is -0.199. The van der Waals surface area contributed by atoms with Gasteiger partial charge in [-0.1, -0.05) is 48.4 Å². The SMILES string of the molecule is Cc1ccc(N2C(=O)/C(=C\c3ccc4c(c3)OCO4)N=C2SC2CCCCCC2=O)cc1. The third-order valence-electron chi connectivity index (χ3n) is 5.82. The average Bonchev–Trinajstić information content (AvgIpc) is 3.30. The molecule has 0 radical (unpaired) electrons. The molecule has 3 aliphatic rings. The summed E-state index contributed by atoms with van der Waals surface area (Å²) in [6.07, 6.45) is 6.22. The van der Waals surface area contributed by atoms with Crippen LogP contribution in [0.5, 0.6) is 11.5 Å². The lowest BCUT2D eigenvalue weighted by atomic mass is 10.1. The molecular weight excluding hydrogens is 424 g/mol. The van der Waals surface area contributed by atoms with E-state index < -0.39 is 0 Å². The summed E-state index contributed by atoms with van der Waals surface area (Å²) in [5.41, 5.74) is 3.01. The van der Waals surface area contributed by atoms with Gasteiger partial charge in [-0.2, -0.15) is 0 Å². The number of ketones is 1. The summed E-state index contributed by atoms with van der Waals surface area (Å²) < 4.78 is 10.8. The van der Waals surface area contributed by atoms with Crippen molar-refractivity contribution >= 4 is 40.4 Å². The van der Waals surface area contributed by atoms with E-state index in [9.17, 15) is 9.59 Å². The van der Waals surface area contributed by atoms with Crippen LogP contribution in [0.2, 0.25) is 0 Å². The molecule has 5 rings (SSSR count). The van der Waals surface area contributed by atoms with Crippen molar-refractivity contribution in [3.05, 3.63) is 59.3 Å².